The Bertz CT molecular complexity index is 482. The van der Waals surface area contributed by atoms with Gasteiger partial charge in [0.1, 0.15) is 0 Å². The van der Waals surface area contributed by atoms with Crippen LogP contribution in [0.4, 0.5) is 5.69 Å². The molecule has 0 saturated carbocycles. The fourth-order valence-corrected chi connectivity index (χ4v) is 2.13. The van der Waals surface area contributed by atoms with Crippen LogP contribution in [0.25, 0.3) is 0 Å². The number of aryl methyl sites for hydroxylation is 1. The van der Waals surface area contributed by atoms with E-state index in [1.165, 1.54) is 0 Å². The summed E-state index contributed by atoms with van der Waals surface area (Å²) in [6, 6.07) is 5.69. The lowest BCUT2D eigenvalue weighted by Crippen LogP contribution is -2.33. The van der Waals surface area contributed by atoms with Crippen LogP contribution < -0.4 is 10.0 Å². The minimum absolute atomic E-state index is 0.0374. The molecular weight excluding hydrogens is 218 g/mol. The van der Waals surface area contributed by atoms with E-state index in [1.807, 2.05) is 32.0 Å². The average molecular weight is 232 g/mol. The first-order chi connectivity index (χ1) is 8.00. The summed E-state index contributed by atoms with van der Waals surface area (Å²) >= 11 is 0. The van der Waals surface area contributed by atoms with Gasteiger partial charge in [0.15, 0.2) is 0 Å². The van der Waals surface area contributed by atoms with Crippen molar-refractivity contribution in [1.82, 2.24) is 0 Å². The van der Waals surface area contributed by atoms with Crippen LogP contribution in [0.2, 0.25) is 0 Å². The second-order valence-corrected chi connectivity index (χ2v) is 4.44. The average Bonchev–Trinajstić information content (AvgIpc) is 2.65. The fraction of sp³-hybridized carbons (Fsp3) is 0.385. The van der Waals surface area contributed by atoms with E-state index in [-0.39, 0.29) is 18.9 Å². The molecule has 0 bridgehead atoms. The van der Waals surface area contributed by atoms with Gasteiger partial charge in [-0.2, -0.15) is 0 Å². The van der Waals surface area contributed by atoms with Gasteiger partial charge in [0, 0.05) is 30.5 Å². The van der Waals surface area contributed by atoms with Gasteiger partial charge in [-0.3, -0.25) is 4.79 Å². The minimum atomic E-state index is -1.15. The summed E-state index contributed by atoms with van der Waals surface area (Å²) in [6.07, 6.45) is 0.0374. The second-order valence-electron chi connectivity index (χ2n) is 4.44. The van der Waals surface area contributed by atoms with E-state index >= 15 is 0 Å². The Hall–Kier alpha value is -1.84. The number of hydrogen-bond acceptors (Lipinski definition) is 3. The van der Waals surface area contributed by atoms with Gasteiger partial charge in [0.2, 0.25) is 5.91 Å². The van der Waals surface area contributed by atoms with Crippen molar-refractivity contribution in [2.24, 2.45) is 5.92 Å². The third kappa shape index (κ3) is 2.02. The molecule has 1 aliphatic heterocycles. The van der Waals surface area contributed by atoms with Gasteiger partial charge in [0.25, 0.3) is 0 Å². The first-order valence-electron chi connectivity index (χ1n) is 5.58. The Balaban J connectivity index is 2.32. The molecule has 1 atom stereocenters. The molecule has 1 heterocycles. The molecule has 4 nitrogen and oxygen atoms in total. The van der Waals surface area contributed by atoms with Crippen molar-refractivity contribution in [2.75, 3.05) is 11.4 Å². The van der Waals surface area contributed by atoms with Crippen molar-refractivity contribution >= 4 is 17.6 Å². The van der Waals surface area contributed by atoms with Crippen molar-refractivity contribution in [3.63, 3.8) is 0 Å². The molecule has 0 spiro atoms. The van der Waals surface area contributed by atoms with Gasteiger partial charge in [-0.25, -0.2) is 0 Å². The van der Waals surface area contributed by atoms with E-state index in [0.29, 0.717) is 0 Å². The van der Waals surface area contributed by atoms with Gasteiger partial charge < -0.3 is 14.8 Å². The van der Waals surface area contributed by atoms with Crippen LogP contribution in [0, 0.1) is 19.8 Å². The van der Waals surface area contributed by atoms with Crippen LogP contribution >= 0.6 is 0 Å². The van der Waals surface area contributed by atoms with Crippen LogP contribution in [-0.2, 0) is 9.59 Å². The lowest BCUT2D eigenvalue weighted by atomic mass is 10.1. The second kappa shape index (κ2) is 4.20. The Morgan fingerprint density at radius 1 is 1.41 bits per heavy atom. The maximum atomic E-state index is 11.8. The number of carbonyl (C=O) groups is 2. The number of amides is 1. The number of carbonyl (C=O) groups excluding carboxylic acids is 2. The smallest absolute Gasteiger partial charge is 0.227 e. The van der Waals surface area contributed by atoms with E-state index in [4.69, 9.17) is 0 Å². The number of anilines is 1. The SMILES string of the molecule is Cc1cccc(N2CC(C(=O)[O-])CC2=O)c1C. The van der Waals surface area contributed by atoms with Gasteiger partial charge >= 0.3 is 0 Å². The highest BCUT2D eigenvalue weighted by Gasteiger charge is 2.32. The standard InChI is InChI=1S/C13H15NO3/c1-8-4-3-5-11(9(8)2)14-7-10(13(16)17)6-12(14)15/h3-5,10H,6-7H2,1-2H3,(H,16,17)/p-1. The summed E-state index contributed by atoms with van der Waals surface area (Å²) < 4.78 is 0. The summed E-state index contributed by atoms with van der Waals surface area (Å²) in [7, 11) is 0. The molecule has 2 rings (SSSR count). The Morgan fingerprint density at radius 3 is 2.71 bits per heavy atom. The molecule has 0 aliphatic carbocycles. The van der Waals surface area contributed by atoms with Crippen LogP contribution in [0.1, 0.15) is 17.5 Å². The summed E-state index contributed by atoms with van der Waals surface area (Å²) in [5.41, 5.74) is 2.91. The van der Waals surface area contributed by atoms with Gasteiger partial charge in [-0.05, 0) is 31.0 Å². The molecule has 1 aromatic rings. The number of rotatable bonds is 2. The zero-order chi connectivity index (χ0) is 12.6. The molecule has 1 fully saturated rings. The molecule has 0 aromatic heterocycles. The predicted octanol–water partition coefficient (Wildman–Crippen LogP) is 0.406. The molecular formula is C13H14NO3-. The highest BCUT2D eigenvalue weighted by atomic mass is 16.4. The Morgan fingerprint density at radius 2 is 2.12 bits per heavy atom. The first kappa shape index (κ1) is 11.6. The fourth-order valence-electron chi connectivity index (χ4n) is 2.13. The van der Waals surface area contributed by atoms with Crippen LogP contribution in [0.3, 0.4) is 0 Å². The van der Waals surface area contributed by atoms with Crippen molar-refractivity contribution in [3.05, 3.63) is 29.3 Å². The summed E-state index contributed by atoms with van der Waals surface area (Å²) in [6.45, 7) is 4.12. The minimum Gasteiger partial charge on any atom is -0.550 e. The third-order valence-electron chi connectivity index (χ3n) is 3.33. The summed E-state index contributed by atoms with van der Waals surface area (Å²) in [5.74, 6) is -1.98. The molecule has 1 unspecified atom stereocenters. The number of aliphatic carboxylic acids is 1. The van der Waals surface area contributed by atoms with Gasteiger partial charge in [0.05, 0.1) is 0 Å². The molecule has 1 saturated heterocycles. The first-order valence-corrected chi connectivity index (χ1v) is 5.58. The number of carboxylic acid groups (broad SMARTS) is 1. The van der Waals surface area contributed by atoms with Crippen LogP contribution in [0.5, 0.6) is 0 Å². The molecule has 4 heteroatoms. The zero-order valence-electron chi connectivity index (χ0n) is 9.90. The number of nitrogens with zero attached hydrogens (tertiary/aromatic N) is 1. The summed E-state index contributed by atoms with van der Waals surface area (Å²) in [4.78, 5) is 24.1. The topological polar surface area (TPSA) is 60.4 Å². The Kier molecular flexibility index (Phi) is 2.88. The number of hydrogen-bond donors (Lipinski definition) is 0. The van der Waals surface area contributed by atoms with Crippen LogP contribution in [-0.4, -0.2) is 18.4 Å². The normalized spacial score (nSPS) is 19.8. The Labute approximate surface area is 99.9 Å². The van der Waals surface area contributed by atoms with Crippen molar-refractivity contribution in [2.45, 2.75) is 20.3 Å². The molecule has 1 amide bonds. The van der Waals surface area contributed by atoms with Crippen molar-refractivity contribution in [3.8, 4) is 0 Å². The lowest BCUT2D eigenvalue weighted by Gasteiger charge is -2.20. The highest BCUT2D eigenvalue weighted by molar-refractivity contribution is 5.99. The molecule has 0 N–H and O–H groups in total. The van der Waals surface area contributed by atoms with Crippen molar-refractivity contribution < 1.29 is 14.7 Å². The van der Waals surface area contributed by atoms with Crippen LogP contribution in [0.15, 0.2) is 18.2 Å². The van der Waals surface area contributed by atoms with E-state index in [2.05, 4.69) is 0 Å². The quantitative estimate of drug-likeness (QED) is 0.741. The molecule has 90 valence electrons. The van der Waals surface area contributed by atoms with E-state index in [9.17, 15) is 14.7 Å². The van der Waals surface area contributed by atoms with Crippen molar-refractivity contribution in [1.29, 1.82) is 0 Å². The van der Waals surface area contributed by atoms with Gasteiger partial charge in [-0.1, -0.05) is 12.1 Å². The molecule has 1 aliphatic rings. The molecule has 17 heavy (non-hydrogen) atoms. The number of benzene rings is 1. The molecule has 0 radical (unpaired) electrons. The largest absolute Gasteiger partial charge is 0.550 e. The maximum absolute atomic E-state index is 11.8. The summed E-state index contributed by atoms with van der Waals surface area (Å²) in [5, 5.41) is 10.8. The zero-order valence-corrected chi connectivity index (χ0v) is 9.90. The maximum Gasteiger partial charge on any atom is 0.227 e. The highest BCUT2D eigenvalue weighted by Crippen LogP contribution is 2.28. The monoisotopic (exact) mass is 232 g/mol. The van der Waals surface area contributed by atoms with E-state index in [1.54, 1.807) is 4.90 Å². The molecule has 1 aromatic carbocycles. The lowest BCUT2D eigenvalue weighted by molar-refractivity contribution is -0.310. The van der Waals surface area contributed by atoms with E-state index < -0.39 is 11.9 Å². The third-order valence-corrected chi connectivity index (χ3v) is 3.33. The van der Waals surface area contributed by atoms with E-state index in [0.717, 1.165) is 16.8 Å². The van der Waals surface area contributed by atoms with Gasteiger partial charge in [-0.15, -0.1) is 0 Å². The predicted molar refractivity (Wildman–Crippen MR) is 61.4 cm³/mol. The number of carboxylic acids is 1.